The van der Waals surface area contributed by atoms with Crippen molar-refractivity contribution < 1.29 is 80.2 Å². The van der Waals surface area contributed by atoms with Gasteiger partial charge in [0.25, 0.3) is 0 Å². The monoisotopic (exact) mass is 1350 g/mol. The summed E-state index contributed by atoms with van der Waals surface area (Å²) in [5.74, 6) is -1.46. The Morgan fingerprint density at radius 2 is 0.500 bits per heavy atom. The highest BCUT2D eigenvalue weighted by Gasteiger charge is 2.30. The molecule has 0 saturated heterocycles. The first-order valence-electron chi connectivity index (χ1n) is 38.1. The van der Waals surface area contributed by atoms with E-state index in [1.54, 1.807) is 0 Å². The fourth-order valence-electron chi connectivity index (χ4n) is 11.2. The number of esters is 4. The van der Waals surface area contributed by atoms with Crippen molar-refractivity contribution in [2.24, 2.45) is 5.92 Å². The molecule has 19 heteroatoms. The van der Waals surface area contributed by atoms with Crippen LogP contribution in [-0.2, 0) is 65.4 Å². The molecule has 17 nitrogen and oxygen atoms in total. The number of aliphatic hydroxyl groups is 1. The van der Waals surface area contributed by atoms with Gasteiger partial charge in [0.2, 0.25) is 0 Å². The fraction of sp³-hybridized carbons (Fsp3) is 0.945. The first-order chi connectivity index (χ1) is 44.5. The lowest BCUT2D eigenvalue weighted by Gasteiger charge is -2.21. The second-order valence-corrected chi connectivity index (χ2v) is 29.7. The lowest BCUT2D eigenvalue weighted by molar-refractivity contribution is -0.161. The zero-order chi connectivity index (χ0) is 67.7. The van der Waals surface area contributed by atoms with E-state index in [1.165, 1.54) is 199 Å². The quantitative estimate of drug-likeness (QED) is 0.0222. The Kier molecular flexibility index (Phi) is 64.9. The number of ether oxygens (including phenoxy) is 4. The molecule has 0 aromatic rings. The van der Waals surface area contributed by atoms with Gasteiger partial charge in [0.05, 0.1) is 26.4 Å². The molecule has 0 heterocycles. The Balaban J connectivity index is 5.18. The molecule has 3 N–H and O–H groups in total. The van der Waals surface area contributed by atoms with E-state index in [0.29, 0.717) is 31.6 Å². The average Bonchev–Trinajstić information content (AvgIpc) is 1.54. The van der Waals surface area contributed by atoms with E-state index >= 15 is 0 Å². The number of hydrogen-bond acceptors (Lipinski definition) is 15. The normalized spacial score (nSPS) is 14.0. The Hall–Kier alpha value is -1.94. The van der Waals surface area contributed by atoms with Gasteiger partial charge in [-0.3, -0.25) is 37.3 Å². The fourth-order valence-corrected chi connectivity index (χ4v) is 12.8. The van der Waals surface area contributed by atoms with Gasteiger partial charge < -0.3 is 33.8 Å². The molecule has 0 fully saturated rings. The highest BCUT2D eigenvalue weighted by atomic mass is 31.2. The summed E-state index contributed by atoms with van der Waals surface area (Å²) in [6.07, 6.45) is 54.5. The molecule has 0 aromatic carbocycles. The van der Waals surface area contributed by atoms with Crippen molar-refractivity contribution in [1.82, 2.24) is 0 Å². The van der Waals surface area contributed by atoms with Crippen molar-refractivity contribution in [2.75, 3.05) is 39.6 Å². The Morgan fingerprint density at radius 1 is 0.293 bits per heavy atom. The van der Waals surface area contributed by atoms with Crippen LogP contribution < -0.4 is 0 Å². The number of carbonyl (C=O) groups excluding carboxylic acids is 4. The van der Waals surface area contributed by atoms with Crippen LogP contribution in [0.5, 0.6) is 0 Å². The third kappa shape index (κ3) is 66.7. The molecule has 0 radical (unpaired) electrons. The van der Waals surface area contributed by atoms with Gasteiger partial charge in [-0.15, -0.1) is 0 Å². The van der Waals surface area contributed by atoms with E-state index < -0.39 is 97.5 Å². The van der Waals surface area contributed by atoms with Crippen LogP contribution in [0.3, 0.4) is 0 Å². The van der Waals surface area contributed by atoms with Crippen molar-refractivity contribution in [3.8, 4) is 0 Å². The molecule has 546 valence electrons. The second kappa shape index (κ2) is 66.3. The minimum Gasteiger partial charge on any atom is -0.462 e. The molecule has 0 saturated carbocycles. The maximum atomic E-state index is 13.1. The largest absolute Gasteiger partial charge is 0.472 e. The van der Waals surface area contributed by atoms with Gasteiger partial charge in [-0.2, -0.15) is 0 Å². The van der Waals surface area contributed by atoms with Crippen molar-refractivity contribution in [2.45, 2.75) is 400 Å². The number of phosphoric ester groups is 2. The number of rotatable bonds is 73. The number of aliphatic hydroxyl groups excluding tert-OH is 1. The van der Waals surface area contributed by atoms with E-state index in [4.69, 9.17) is 37.0 Å². The van der Waals surface area contributed by atoms with Gasteiger partial charge in [-0.1, -0.05) is 330 Å². The molecule has 0 rings (SSSR count). The molecule has 0 aliphatic carbocycles. The number of unbranched alkanes of at least 4 members (excludes halogenated alkanes) is 45. The first kappa shape index (κ1) is 90.1. The van der Waals surface area contributed by atoms with Gasteiger partial charge in [0, 0.05) is 25.7 Å². The highest BCUT2D eigenvalue weighted by Crippen LogP contribution is 2.45. The molecule has 0 spiro atoms. The zero-order valence-corrected chi connectivity index (χ0v) is 61.5. The summed E-state index contributed by atoms with van der Waals surface area (Å²) in [6.45, 7) is 7.15. The molecule has 92 heavy (non-hydrogen) atoms. The maximum absolute atomic E-state index is 13.1. The van der Waals surface area contributed by atoms with E-state index in [1.807, 2.05) is 0 Å². The van der Waals surface area contributed by atoms with Crippen LogP contribution in [0.4, 0.5) is 0 Å². The van der Waals surface area contributed by atoms with Crippen molar-refractivity contribution in [3.63, 3.8) is 0 Å². The molecule has 0 aliphatic rings. The van der Waals surface area contributed by atoms with Gasteiger partial charge >= 0.3 is 39.5 Å². The van der Waals surface area contributed by atoms with Gasteiger partial charge in [0.1, 0.15) is 19.3 Å². The van der Waals surface area contributed by atoms with E-state index in [-0.39, 0.29) is 25.7 Å². The topological polar surface area (TPSA) is 237 Å². The lowest BCUT2D eigenvalue weighted by Crippen LogP contribution is -2.30. The first-order valence-corrected chi connectivity index (χ1v) is 41.1. The molecular formula is C73H142O17P2. The predicted octanol–water partition coefficient (Wildman–Crippen LogP) is 21.3. The SMILES string of the molecule is CCCCCCCCCCCCCCCCCCCCCC(=O)O[C@H](COC(=O)CCCCCCCCCCCCCCCCCC)COP(=O)(O)OC[C@@H](O)COP(=O)(O)OC[C@@H](COC(=O)CCCCCCCCCC)OC(=O)CCCCCCCCC(C)C. The summed E-state index contributed by atoms with van der Waals surface area (Å²) in [7, 11) is -9.90. The molecule has 0 aliphatic heterocycles. The Labute approximate surface area is 562 Å². The summed E-state index contributed by atoms with van der Waals surface area (Å²) in [5, 5.41) is 10.6. The van der Waals surface area contributed by atoms with Gasteiger partial charge in [0.15, 0.2) is 12.2 Å². The molecule has 0 bridgehead atoms. The summed E-state index contributed by atoms with van der Waals surface area (Å²) >= 11 is 0. The van der Waals surface area contributed by atoms with Crippen LogP contribution in [0.15, 0.2) is 0 Å². The lowest BCUT2D eigenvalue weighted by atomic mass is 10.0. The van der Waals surface area contributed by atoms with Crippen LogP contribution >= 0.6 is 15.6 Å². The van der Waals surface area contributed by atoms with E-state index in [0.717, 1.165) is 96.3 Å². The third-order valence-corrected chi connectivity index (χ3v) is 18.9. The number of hydrogen-bond donors (Lipinski definition) is 3. The summed E-state index contributed by atoms with van der Waals surface area (Å²) in [6, 6.07) is 0. The predicted molar refractivity (Wildman–Crippen MR) is 372 cm³/mol. The summed E-state index contributed by atoms with van der Waals surface area (Å²) in [4.78, 5) is 72.5. The number of carbonyl (C=O) groups is 4. The minimum atomic E-state index is -4.95. The maximum Gasteiger partial charge on any atom is 0.472 e. The van der Waals surface area contributed by atoms with Crippen molar-refractivity contribution in [1.29, 1.82) is 0 Å². The van der Waals surface area contributed by atoms with Crippen LogP contribution in [0.1, 0.15) is 381 Å². The second-order valence-electron chi connectivity index (χ2n) is 26.8. The third-order valence-electron chi connectivity index (χ3n) is 17.0. The molecule has 2 unspecified atom stereocenters. The number of phosphoric acid groups is 2. The minimum absolute atomic E-state index is 0.102. The Bertz CT molecular complexity index is 1770. The van der Waals surface area contributed by atoms with Crippen molar-refractivity contribution in [3.05, 3.63) is 0 Å². The zero-order valence-electron chi connectivity index (χ0n) is 59.7. The smallest absolute Gasteiger partial charge is 0.462 e. The van der Waals surface area contributed by atoms with Crippen LogP contribution in [-0.4, -0.2) is 96.7 Å². The molecule has 0 aromatic heterocycles. The highest BCUT2D eigenvalue weighted by molar-refractivity contribution is 7.47. The molecule has 5 atom stereocenters. The van der Waals surface area contributed by atoms with Crippen LogP contribution in [0.2, 0.25) is 0 Å². The molecule has 0 amide bonds. The summed E-state index contributed by atoms with van der Waals surface area (Å²) in [5.41, 5.74) is 0. The average molecular weight is 1350 g/mol. The van der Waals surface area contributed by atoms with E-state index in [2.05, 4.69) is 34.6 Å². The van der Waals surface area contributed by atoms with Gasteiger partial charge in [-0.05, 0) is 31.6 Å². The Morgan fingerprint density at radius 3 is 0.739 bits per heavy atom. The standard InChI is InChI=1S/C73H142O17P2/c1-6-9-12-15-18-21-23-25-27-29-30-31-33-35-37-39-42-48-53-58-72(77)89-68(62-84-71(76)57-52-47-41-38-36-34-32-28-26-24-22-19-16-13-10-7-2)64-87-91(79,80)85-60-67(74)61-86-92(81,82)88-65-69(63-83-70(75)56-51-46-40-20-17-14-11-8-3)90-73(78)59-54-49-44-43-45-50-55-66(4)5/h66-69,74H,6-65H2,1-5H3,(H,79,80)(H,81,82)/t67-,68-,69-/m1/s1. The van der Waals surface area contributed by atoms with Crippen LogP contribution in [0, 0.1) is 5.92 Å². The van der Waals surface area contributed by atoms with Crippen LogP contribution in [0.25, 0.3) is 0 Å². The van der Waals surface area contributed by atoms with Gasteiger partial charge in [-0.25, -0.2) is 9.13 Å². The summed E-state index contributed by atoms with van der Waals surface area (Å²) < 4.78 is 68.3. The molecular weight excluding hydrogens is 1210 g/mol. The van der Waals surface area contributed by atoms with Crippen molar-refractivity contribution >= 4 is 39.5 Å². The van der Waals surface area contributed by atoms with E-state index in [9.17, 15) is 43.2 Å².